The standard InChI is InChI=1S/C25H35NO/c1-4-7-19-26(20-8-5-2)24(14-6-3)22-17-12-13-18-23(22)25(27)21-15-10-9-11-16-21/h9-13,15-18,24H,4-8,14,19-20H2,1-3H3. The highest BCUT2D eigenvalue weighted by Gasteiger charge is 2.24. The minimum atomic E-state index is 0.137. The van der Waals surface area contributed by atoms with Crippen LogP contribution < -0.4 is 0 Å². The lowest BCUT2D eigenvalue weighted by molar-refractivity contribution is 0.103. The van der Waals surface area contributed by atoms with Crippen LogP contribution in [-0.4, -0.2) is 23.8 Å². The minimum Gasteiger partial charge on any atom is -0.296 e. The molecule has 2 aromatic carbocycles. The fraction of sp³-hybridized carbons (Fsp3) is 0.480. The van der Waals surface area contributed by atoms with Gasteiger partial charge in [0.25, 0.3) is 0 Å². The van der Waals surface area contributed by atoms with Gasteiger partial charge in [-0.3, -0.25) is 9.69 Å². The SMILES string of the molecule is CCCCN(CCCC)C(CCC)c1ccccc1C(=O)c1ccccc1. The van der Waals surface area contributed by atoms with Crippen LogP contribution in [0.4, 0.5) is 0 Å². The van der Waals surface area contributed by atoms with Crippen molar-refractivity contribution in [2.24, 2.45) is 0 Å². The zero-order valence-corrected chi connectivity index (χ0v) is 17.3. The Morgan fingerprint density at radius 1 is 0.815 bits per heavy atom. The second-order valence-electron chi connectivity index (χ2n) is 7.33. The van der Waals surface area contributed by atoms with Gasteiger partial charge in [-0.05, 0) is 37.9 Å². The van der Waals surface area contributed by atoms with Crippen LogP contribution >= 0.6 is 0 Å². The molecule has 0 fully saturated rings. The fourth-order valence-electron chi connectivity index (χ4n) is 3.69. The molecule has 1 unspecified atom stereocenters. The molecule has 2 heteroatoms. The Bertz CT molecular complexity index is 672. The largest absolute Gasteiger partial charge is 0.296 e. The van der Waals surface area contributed by atoms with Crippen molar-refractivity contribution in [1.82, 2.24) is 4.90 Å². The van der Waals surface area contributed by atoms with E-state index >= 15 is 0 Å². The Balaban J connectivity index is 2.39. The summed E-state index contributed by atoms with van der Waals surface area (Å²) in [6, 6.07) is 18.2. The molecule has 146 valence electrons. The smallest absolute Gasteiger partial charge is 0.193 e. The molecular weight excluding hydrogens is 330 g/mol. The molecule has 0 amide bonds. The number of rotatable bonds is 12. The van der Waals surface area contributed by atoms with Gasteiger partial charge in [0.1, 0.15) is 0 Å². The third-order valence-electron chi connectivity index (χ3n) is 5.20. The molecule has 0 aliphatic heterocycles. The number of benzene rings is 2. The van der Waals surface area contributed by atoms with Gasteiger partial charge in [0, 0.05) is 17.2 Å². The summed E-state index contributed by atoms with van der Waals surface area (Å²) in [5.41, 5.74) is 2.83. The second kappa shape index (κ2) is 11.7. The average Bonchev–Trinajstić information content (AvgIpc) is 2.73. The maximum Gasteiger partial charge on any atom is 0.193 e. The van der Waals surface area contributed by atoms with E-state index in [1.165, 1.54) is 31.2 Å². The van der Waals surface area contributed by atoms with E-state index in [0.29, 0.717) is 6.04 Å². The van der Waals surface area contributed by atoms with Crippen molar-refractivity contribution in [3.63, 3.8) is 0 Å². The van der Waals surface area contributed by atoms with Crippen molar-refractivity contribution in [3.05, 3.63) is 71.3 Å². The third kappa shape index (κ3) is 6.04. The van der Waals surface area contributed by atoms with E-state index in [9.17, 15) is 4.79 Å². The summed E-state index contributed by atoms with van der Waals surface area (Å²) in [4.78, 5) is 15.8. The molecule has 0 radical (unpaired) electrons. The number of unbranched alkanes of at least 4 members (excludes halogenated alkanes) is 2. The molecule has 0 bridgehead atoms. The van der Waals surface area contributed by atoms with Crippen molar-refractivity contribution in [2.45, 2.75) is 65.3 Å². The molecule has 2 nitrogen and oxygen atoms in total. The zero-order chi connectivity index (χ0) is 19.5. The molecule has 27 heavy (non-hydrogen) atoms. The molecule has 0 aliphatic carbocycles. The second-order valence-corrected chi connectivity index (χ2v) is 7.33. The van der Waals surface area contributed by atoms with Crippen LogP contribution in [0.5, 0.6) is 0 Å². The molecule has 0 heterocycles. The molecule has 2 aromatic rings. The molecule has 0 saturated carbocycles. The Labute approximate surface area is 165 Å². The van der Waals surface area contributed by atoms with E-state index in [1.807, 2.05) is 42.5 Å². The summed E-state index contributed by atoms with van der Waals surface area (Å²) >= 11 is 0. The first-order chi connectivity index (χ1) is 13.2. The summed E-state index contributed by atoms with van der Waals surface area (Å²) < 4.78 is 0. The van der Waals surface area contributed by atoms with Gasteiger partial charge in [0.05, 0.1) is 0 Å². The van der Waals surface area contributed by atoms with Gasteiger partial charge in [-0.15, -0.1) is 0 Å². The number of hydrogen-bond donors (Lipinski definition) is 0. The minimum absolute atomic E-state index is 0.137. The van der Waals surface area contributed by atoms with Crippen molar-refractivity contribution in [2.75, 3.05) is 13.1 Å². The molecule has 2 rings (SSSR count). The molecule has 0 saturated heterocycles. The maximum atomic E-state index is 13.2. The van der Waals surface area contributed by atoms with Crippen LogP contribution in [0, 0.1) is 0 Å². The molecule has 0 aromatic heterocycles. The summed E-state index contributed by atoms with van der Waals surface area (Å²) in [5.74, 6) is 0.137. The number of nitrogens with zero attached hydrogens (tertiary/aromatic N) is 1. The van der Waals surface area contributed by atoms with E-state index in [2.05, 4.69) is 37.8 Å². The van der Waals surface area contributed by atoms with E-state index < -0.39 is 0 Å². The first kappa shape index (κ1) is 21.4. The lowest BCUT2D eigenvalue weighted by atomic mass is 9.91. The Kier molecular flexibility index (Phi) is 9.27. The highest BCUT2D eigenvalue weighted by atomic mass is 16.1. The number of carbonyl (C=O) groups excluding carboxylic acids is 1. The van der Waals surface area contributed by atoms with E-state index in [1.54, 1.807) is 0 Å². The van der Waals surface area contributed by atoms with E-state index in [-0.39, 0.29) is 5.78 Å². The van der Waals surface area contributed by atoms with Gasteiger partial charge in [0.2, 0.25) is 0 Å². The monoisotopic (exact) mass is 365 g/mol. The highest BCUT2D eigenvalue weighted by Crippen LogP contribution is 2.30. The Hall–Kier alpha value is -1.93. The van der Waals surface area contributed by atoms with Gasteiger partial charge in [-0.2, -0.15) is 0 Å². The van der Waals surface area contributed by atoms with Crippen LogP contribution in [0.1, 0.15) is 86.8 Å². The predicted molar refractivity (Wildman–Crippen MR) is 115 cm³/mol. The fourth-order valence-corrected chi connectivity index (χ4v) is 3.69. The summed E-state index contributed by atoms with van der Waals surface area (Å²) in [6.07, 6.45) is 7.02. The van der Waals surface area contributed by atoms with Crippen LogP contribution in [0.15, 0.2) is 54.6 Å². The first-order valence-electron chi connectivity index (χ1n) is 10.7. The van der Waals surface area contributed by atoms with Gasteiger partial charge < -0.3 is 0 Å². The van der Waals surface area contributed by atoms with Gasteiger partial charge in [-0.25, -0.2) is 0 Å². The van der Waals surface area contributed by atoms with Crippen LogP contribution in [-0.2, 0) is 0 Å². The van der Waals surface area contributed by atoms with Gasteiger partial charge in [-0.1, -0.05) is 94.6 Å². The number of hydrogen-bond acceptors (Lipinski definition) is 2. The summed E-state index contributed by atoms with van der Waals surface area (Å²) in [6.45, 7) is 8.95. The van der Waals surface area contributed by atoms with Crippen molar-refractivity contribution >= 4 is 5.78 Å². The van der Waals surface area contributed by atoms with Crippen molar-refractivity contribution in [3.8, 4) is 0 Å². The van der Waals surface area contributed by atoms with Crippen LogP contribution in [0.3, 0.4) is 0 Å². The van der Waals surface area contributed by atoms with Crippen molar-refractivity contribution in [1.29, 1.82) is 0 Å². The quantitative estimate of drug-likeness (QED) is 0.392. The number of carbonyl (C=O) groups is 1. The van der Waals surface area contributed by atoms with Crippen molar-refractivity contribution < 1.29 is 4.79 Å². The van der Waals surface area contributed by atoms with Gasteiger partial charge >= 0.3 is 0 Å². The molecule has 0 spiro atoms. The normalized spacial score (nSPS) is 12.3. The van der Waals surface area contributed by atoms with E-state index in [4.69, 9.17) is 0 Å². The highest BCUT2D eigenvalue weighted by molar-refractivity contribution is 6.10. The van der Waals surface area contributed by atoms with Crippen LogP contribution in [0.2, 0.25) is 0 Å². The van der Waals surface area contributed by atoms with Gasteiger partial charge in [0.15, 0.2) is 5.78 Å². The maximum absolute atomic E-state index is 13.2. The third-order valence-corrected chi connectivity index (χ3v) is 5.20. The van der Waals surface area contributed by atoms with Crippen LogP contribution in [0.25, 0.3) is 0 Å². The molecular formula is C25H35NO. The first-order valence-corrected chi connectivity index (χ1v) is 10.7. The lowest BCUT2D eigenvalue weighted by Gasteiger charge is -2.33. The molecule has 1 atom stereocenters. The average molecular weight is 366 g/mol. The lowest BCUT2D eigenvalue weighted by Crippen LogP contribution is -2.32. The molecule has 0 N–H and O–H groups in total. The number of ketones is 1. The summed E-state index contributed by atoms with van der Waals surface area (Å²) in [5, 5.41) is 0. The van der Waals surface area contributed by atoms with E-state index in [0.717, 1.165) is 37.1 Å². The summed E-state index contributed by atoms with van der Waals surface area (Å²) in [7, 11) is 0. The zero-order valence-electron chi connectivity index (χ0n) is 17.3. The topological polar surface area (TPSA) is 20.3 Å². The molecule has 0 aliphatic rings. The Morgan fingerprint density at radius 3 is 2.00 bits per heavy atom. The predicted octanol–water partition coefficient (Wildman–Crippen LogP) is 6.66. The Morgan fingerprint density at radius 2 is 1.41 bits per heavy atom.